The van der Waals surface area contributed by atoms with Crippen molar-refractivity contribution in [2.75, 3.05) is 13.2 Å². The van der Waals surface area contributed by atoms with Crippen molar-refractivity contribution in [2.24, 2.45) is 0 Å². The molecule has 128 valence electrons. The van der Waals surface area contributed by atoms with Gasteiger partial charge in [0.2, 0.25) is 0 Å². The predicted molar refractivity (Wildman–Crippen MR) is 90.2 cm³/mol. The average molecular weight is 320 g/mol. The van der Waals surface area contributed by atoms with Crippen LogP contribution in [0.25, 0.3) is 0 Å². The Morgan fingerprint density at radius 2 is 2.13 bits per heavy atom. The van der Waals surface area contributed by atoms with Crippen LogP contribution in [0.4, 0.5) is 4.79 Å². The van der Waals surface area contributed by atoms with Crippen molar-refractivity contribution >= 4 is 6.03 Å². The molecule has 0 radical (unpaired) electrons. The first-order chi connectivity index (χ1) is 11.1. The molecule has 0 bridgehead atoms. The van der Waals surface area contributed by atoms with Gasteiger partial charge < -0.3 is 20.5 Å². The number of amides is 2. The van der Waals surface area contributed by atoms with Crippen LogP contribution in [-0.4, -0.2) is 36.4 Å². The molecule has 23 heavy (non-hydrogen) atoms. The minimum atomic E-state index is -0.567. The SMILES string of the molecule is CC(CC(O)c1ccccc1)NC(=O)NCCC1CCCCO1. The van der Waals surface area contributed by atoms with Gasteiger partial charge in [-0.1, -0.05) is 30.3 Å². The fourth-order valence-electron chi connectivity index (χ4n) is 2.86. The molecule has 1 aliphatic rings. The number of nitrogens with one attached hydrogen (secondary N) is 2. The molecule has 2 rings (SSSR count). The monoisotopic (exact) mass is 320 g/mol. The van der Waals surface area contributed by atoms with E-state index in [4.69, 9.17) is 4.74 Å². The molecule has 0 aromatic heterocycles. The summed E-state index contributed by atoms with van der Waals surface area (Å²) in [5.74, 6) is 0. The van der Waals surface area contributed by atoms with E-state index in [-0.39, 0.29) is 18.2 Å². The second kappa shape index (κ2) is 9.53. The maximum absolute atomic E-state index is 11.9. The van der Waals surface area contributed by atoms with Crippen LogP contribution in [0.15, 0.2) is 30.3 Å². The first-order valence-electron chi connectivity index (χ1n) is 8.54. The number of carbonyl (C=O) groups is 1. The summed E-state index contributed by atoms with van der Waals surface area (Å²) in [6, 6.07) is 9.21. The fourth-order valence-corrected chi connectivity index (χ4v) is 2.86. The molecule has 3 atom stereocenters. The van der Waals surface area contributed by atoms with Crippen molar-refractivity contribution in [3.63, 3.8) is 0 Å². The molecule has 1 saturated heterocycles. The molecule has 0 aliphatic carbocycles. The van der Waals surface area contributed by atoms with Crippen LogP contribution < -0.4 is 10.6 Å². The number of aliphatic hydroxyl groups is 1. The van der Waals surface area contributed by atoms with Gasteiger partial charge in [0.15, 0.2) is 0 Å². The third-order valence-corrected chi connectivity index (χ3v) is 4.16. The Morgan fingerprint density at radius 1 is 1.35 bits per heavy atom. The second-order valence-electron chi connectivity index (χ2n) is 6.24. The highest BCUT2D eigenvalue weighted by molar-refractivity contribution is 5.74. The summed E-state index contributed by atoms with van der Waals surface area (Å²) in [7, 11) is 0. The van der Waals surface area contributed by atoms with E-state index in [9.17, 15) is 9.90 Å². The van der Waals surface area contributed by atoms with E-state index < -0.39 is 6.10 Å². The topological polar surface area (TPSA) is 70.6 Å². The van der Waals surface area contributed by atoms with Crippen LogP contribution in [-0.2, 0) is 4.74 Å². The lowest BCUT2D eigenvalue weighted by atomic mass is 10.0. The van der Waals surface area contributed by atoms with Gasteiger partial charge in [-0.2, -0.15) is 0 Å². The zero-order chi connectivity index (χ0) is 16.5. The van der Waals surface area contributed by atoms with Gasteiger partial charge in [0.05, 0.1) is 12.2 Å². The Labute approximate surface area is 138 Å². The van der Waals surface area contributed by atoms with E-state index in [2.05, 4.69) is 10.6 Å². The zero-order valence-electron chi connectivity index (χ0n) is 13.8. The number of aliphatic hydroxyl groups excluding tert-OH is 1. The van der Waals surface area contributed by atoms with Crippen LogP contribution in [0.5, 0.6) is 0 Å². The van der Waals surface area contributed by atoms with Gasteiger partial charge in [-0.15, -0.1) is 0 Å². The van der Waals surface area contributed by atoms with Crippen molar-refractivity contribution in [3.05, 3.63) is 35.9 Å². The molecule has 0 saturated carbocycles. The van der Waals surface area contributed by atoms with Crippen molar-refractivity contribution in [1.82, 2.24) is 10.6 Å². The number of rotatable bonds is 7. The van der Waals surface area contributed by atoms with Crippen molar-refractivity contribution < 1.29 is 14.6 Å². The highest BCUT2D eigenvalue weighted by Crippen LogP contribution is 2.17. The molecule has 2 amide bonds. The highest BCUT2D eigenvalue weighted by Gasteiger charge is 2.16. The summed E-state index contributed by atoms with van der Waals surface area (Å²) < 4.78 is 5.64. The van der Waals surface area contributed by atoms with Gasteiger partial charge in [-0.3, -0.25) is 0 Å². The van der Waals surface area contributed by atoms with Crippen molar-refractivity contribution in [1.29, 1.82) is 0 Å². The van der Waals surface area contributed by atoms with Crippen LogP contribution in [0, 0.1) is 0 Å². The van der Waals surface area contributed by atoms with Crippen LogP contribution in [0.1, 0.15) is 50.7 Å². The quantitative estimate of drug-likeness (QED) is 0.723. The second-order valence-corrected chi connectivity index (χ2v) is 6.24. The van der Waals surface area contributed by atoms with Gasteiger partial charge in [-0.05, 0) is 44.6 Å². The fraction of sp³-hybridized carbons (Fsp3) is 0.611. The summed E-state index contributed by atoms with van der Waals surface area (Å²) in [4.78, 5) is 11.9. The lowest BCUT2D eigenvalue weighted by molar-refractivity contribution is 0.0120. The number of urea groups is 1. The van der Waals surface area contributed by atoms with E-state index in [0.717, 1.165) is 31.4 Å². The van der Waals surface area contributed by atoms with Crippen LogP contribution >= 0.6 is 0 Å². The first-order valence-corrected chi connectivity index (χ1v) is 8.54. The minimum Gasteiger partial charge on any atom is -0.388 e. The van der Waals surface area contributed by atoms with E-state index >= 15 is 0 Å². The molecule has 1 heterocycles. The summed E-state index contributed by atoms with van der Waals surface area (Å²) >= 11 is 0. The van der Waals surface area contributed by atoms with E-state index in [1.807, 2.05) is 37.3 Å². The molecule has 1 fully saturated rings. The molecule has 3 N–H and O–H groups in total. The van der Waals surface area contributed by atoms with Crippen LogP contribution in [0.3, 0.4) is 0 Å². The van der Waals surface area contributed by atoms with Gasteiger partial charge >= 0.3 is 6.03 Å². The molecule has 5 heteroatoms. The minimum absolute atomic E-state index is 0.101. The predicted octanol–water partition coefficient (Wildman–Crippen LogP) is 2.76. The smallest absolute Gasteiger partial charge is 0.314 e. The third-order valence-electron chi connectivity index (χ3n) is 4.16. The number of hydrogen-bond donors (Lipinski definition) is 3. The Morgan fingerprint density at radius 3 is 2.83 bits per heavy atom. The number of hydrogen-bond acceptors (Lipinski definition) is 3. The lowest BCUT2D eigenvalue weighted by Crippen LogP contribution is -2.42. The molecular formula is C18H28N2O3. The molecule has 1 aromatic carbocycles. The summed E-state index contributed by atoms with van der Waals surface area (Å²) in [6.07, 6.45) is 4.50. The summed E-state index contributed by atoms with van der Waals surface area (Å²) in [6.45, 7) is 3.35. The molecule has 1 aromatic rings. The van der Waals surface area contributed by atoms with Crippen molar-refractivity contribution in [3.8, 4) is 0 Å². The lowest BCUT2D eigenvalue weighted by Gasteiger charge is -2.23. The largest absolute Gasteiger partial charge is 0.388 e. The van der Waals surface area contributed by atoms with Gasteiger partial charge in [0, 0.05) is 19.2 Å². The average Bonchev–Trinajstić information content (AvgIpc) is 2.56. The first kappa shape index (κ1) is 17.8. The number of carbonyl (C=O) groups excluding carboxylic acids is 1. The zero-order valence-corrected chi connectivity index (χ0v) is 13.8. The molecule has 5 nitrogen and oxygen atoms in total. The Kier molecular flexibility index (Phi) is 7.36. The number of benzene rings is 1. The third kappa shape index (κ3) is 6.59. The normalized spacial score (nSPS) is 20.5. The van der Waals surface area contributed by atoms with E-state index in [0.29, 0.717) is 13.0 Å². The van der Waals surface area contributed by atoms with E-state index in [1.165, 1.54) is 6.42 Å². The van der Waals surface area contributed by atoms with Crippen LogP contribution in [0.2, 0.25) is 0 Å². The van der Waals surface area contributed by atoms with Gasteiger partial charge in [0.25, 0.3) is 0 Å². The Bertz CT molecular complexity index is 461. The highest BCUT2D eigenvalue weighted by atomic mass is 16.5. The van der Waals surface area contributed by atoms with E-state index in [1.54, 1.807) is 0 Å². The Hall–Kier alpha value is -1.59. The molecule has 0 spiro atoms. The Balaban J connectivity index is 1.62. The summed E-state index contributed by atoms with van der Waals surface area (Å²) in [5, 5.41) is 15.9. The molecular weight excluding hydrogens is 292 g/mol. The van der Waals surface area contributed by atoms with Gasteiger partial charge in [-0.25, -0.2) is 4.79 Å². The summed E-state index contributed by atoms with van der Waals surface area (Å²) in [5.41, 5.74) is 0.871. The number of ether oxygens (including phenoxy) is 1. The molecule has 3 unspecified atom stereocenters. The van der Waals surface area contributed by atoms with Gasteiger partial charge in [0.1, 0.15) is 0 Å². The standard InChI is InChI=1S/C18H28N2O3/c1-14(13-17(21)15-7-3-2-4-8-15)20-18(22)19-11-10-16-9-5-6-12-23-16/h2-4,7-8,14,16-17,21H,5-6,9-13H2,1H3,(H2,19,20,22). The maximum atomic E-state index is 11.9. The van der Waals surface area contributed by atoms with Crippen molar-refractivity contribution in [2.45, 2.75) is 57.3 Å². The molecule has 1 aliphatic heterocycles. The maximum Gasteiger partial charge on any atom is 0.314 e.